The molecule has 0 radical (unpaired) electrons. The highest BCUT2D eigenvalue weighted by molar-refractivity contribution is 6.01. The van der Waals surface area contributed by atoms with Gasteiger partial charge in [-0.3, -0.25) is 9.48 Å². The molecule has 4 aromatic heterocycles. The number of nitriles is 1. The number of amides is 1. The highest BCUT2D eigenvalue weighted by Gasteiger charge is 2.32. The van der Waals surface area contributed by atoms with Crippen LogP contribution >= 0.6 is 0 Å². The molecule has 34 heavy (non-hydrogen) atoms. The molecule has 1 aliphatic rings. The molecular weight excluding hydrogens is 434 g/mol. The summed E-state index contributed by atoms with van der Waals surface area (Å²) < 4.78 is 3.37. The molecule has 12 heteroatoms. The van der Waals surface area contributed by atoms with Crippen molar-refractivity contribution in [2.45, 2.75) is 19.9 Å². The summed E-state index contributed by atoms with van der Waals surface area (Å²) in [4.78, 5) is 27.7. The van der Waals surface area contributed by atoms with E-state index in [2.05, 4.69) is 32.4 Å². The fourth-order valence-corrected chi connectivity index (χ4v) is 4.29. The zero-order chi connectivity index (χ0) is 24.0. The number of nitrogens with one attached hydrogen (secondary N) is 1. The maximum absolute atomic E-state index is 12.2. The fraction of sp³-hybridized carbons (Fsp3) is 0.318. The van der Waals surface area contributed by atoms with E-state index in [0.29, 0.717) is 41.6 Å². The highest BCUT2D eigenvalue weighted by atomic mass is 16.1. The first-order valence-electron chi connectivity index (χ1n) is 10.8. The van der Waals surface area contributed by atoms with Gasteiger partial charge in [-0.1, -0.05) is 6.92 Å². The van der Waals surface area contributed by atoms with E-state index in [-0.39, 0.29) is 17.5 Å². The molecule has 0 unspecified atom stereocenters. The first-order chi connectivity index (χ1) is 16.3. The van der Waals surface area contributed by atoms with E-state index in [1.807, 2.05) is 37.3 Å². The number of hydrogen-bond donors (Lipinski definition) is 2. The number of anilines is 2. The lowest BCUT2D eigenvalue weighted by Gasteiger charge is -2.20. The summed E-state index contributed by atoms with van der Waals surface area (Å²) in [5.74, 6) is 0.182. The molecule has 1 fully saturated rings. The quantitative estimate of drug-likeness (QED) is 0.448. The summed E-state index contributed by atoms with van der Waals surface area (Å²) in [7, 11) is 1.85. The Morgan fingerprint density at radius 1 is 1.24 bits per heavy atom. The lowest BCUT2D eigenvalue weighted by atomic mass is 10.1. The lowest BCUT2D eigenvalue weighted by molar-refractivity contribution is 0.100. The predicted molar refractivity (Wildman–Crippen MR) is 124 cm³/mol. The summed E-state index contributed by atoms with van der Waals surface area (Å²) in [6.45, 7) is 5.35. The summed E-state index contributed by atoms with van der Waals surface area (Å²) in [5, 5.41) is 21.2. The van der Waals surface area contributed by atoms with Crippen LogP contribution in [0.1, 0.15) is 28.5 Å². The zero-order valence-corrected chi connectivity index (χ0v) is 19.0. The smallest absolute Gasteiger partial charge is 0.252 e. The molecule has 5 rings (SSSR count). The minimum Gasteiger partial charge on any atom is -0.376 e. The number of fused-ring (bicyclic) bond motifs is 1. The van der Waals surface area contributed by atoms with E-state index in [0.717, 1.165) is 11.3 Å². The Hall–Kier alpha value is -4.53. The summed E-state index contributed by atoms with van der Waals surface area (Å²) in [5.41, 5.74) is 9.84. The van der Waals surface area contributed by atoms with Crippen LogP contribution in [0.3, 0.4) is 0 Å². The SMILES string of the molecule is Cc1nn(C)cc1-c1cn2ncc(C(N)=O)c(N[C@@H]3CN(c4ncc(C#N)cn4)C[C@@H]3C)c2n1. The van der Waals surface area contributed by atoms with E-state index in [1.165, 1.54) is 18.6 Å². The van der Waals surface area contributed by atoms with E-state index < -0.39 is 5.91 Å². The summed E-state index contributed by atoms with van der Waals surface area (Å²) >= 11 is 0. The number of imidazole rings is 1. The molecule has 12 nitrogen and oxygen atoms in total. The van der Waals surface area contributed by atoms with Gasteiger partial charge in [0.05, 0.1) is 53.0 Å². The Balaban J connectivity index is 1.49. The second-order valence-corrected chi connectivity index (χ2v) is 8.51. The standard InChI is InChI=1S/C22H23N11O/c1-12-8-32(22-25-5-14(4-23)6-26-22)10-17(12)28-19-15(20(24)34)7-27-33-11-18(29-21(19)33)16-9-31(3)30-13(16)2/h5-7,9,11-12,17,28H,8,10H2,1-3H3,(H2,24,34)/t12-,17+/m0/s1. The monoisotopic (exact) mass is 457 g/mol. The molecule has 1 amide bonds. The molecule has 1 saturated heterocycles. The van der Waals surface area contributed by atoms with Crippen molar-refractivity contribution in [2.24, 2.45) is 18.7 Å². The van der Waals surface area contributed by atoms with Crippen molar-refractivity contribution in [1.82, 2.24) is 34.3 Å². The van der Waals surface area contributed by atoms with Crippen LogP contribution in [0.2, 0.25) is 0 Å². The molecule has 5 heterocycles. The minimum absolute atomic E-state index is 0.0242. The summed E-state index contributed by atoms with van der Waals surface area (Å²) in [6.07, 6.45) is 8.19. The molecule has 1 aliphatic heterocycles. The third-order valence-electron chi connectivity index (χ3n) is 6.04. The van der Waals surface area contributed by atoms with Crippen LogP contribution in [0.15, 0.2) is 31.0 Å². The fourth-order valence-electron chi connectivity index (χ4n) is 4.29. The van der Waals surface area contributed by atoms with Crippen LogP contribution in [-0.2, 0) is 7.05 Å². The van der Waals surface area contributed by atoms with Gasteiger partial charge in [-0.15, -0.1) is 0 Å². The second-order valence-electron chi connectivity index (χ2n) is 8.51. The van der Waals surface area contributed by atoms with Gasteiger partial charge in [0.1, 0.15) is 6.07 Å². The molecule has 172 valence electrons. The average molecular weight is 458 g/mol. The van der Waals surface area contributed by atoms with Gasteiger partial charge in [0.15, 0.2) is 5.65 Å². The van der Waals surface area contributed by atoms with Crippen LogP contribution in [0, 0.1) is 24.2 Å². The molecule has 0 bridgehead atoms. The minimum atomic E-state index is -0.586. The first-order valence-corrected chi connectivity index (χ1v) is 10.8. The molecule has 0 aliphatic carbocycles. The average Bonchev–Trinajstić information content (AvgIpc) is 3.50. The van der Waals surface area contributed by atoms with Gasteiger partial charge in [-0.25, -0.2) is 19.5 Å². The number of carbonyl (C=O) groups is 1. The van der Waals surface area contributed by atoms with Crippen molar-refractivity contribution in [2.75, 3.05) is 23.3 Å². The Morgan fingerprint density at radius 2 is 2.00 bits per heavy atom. The van der Waals surface area contributed by atoms with E-state index in [9.17, 15) is 4.79 Å². The molecule has 2 atom stereocenters. The van der Waals surface area contributed by atoms with Gasteiger partial charge < -0.3 is 16.0 Å². The van der Waals surface area contributed by atoms with Crippen molar-refractivity contribution in [1.29, 1.82) is 5.26 Å². The number of aryl methyl sites for hydroxylation is 2. The first kappa shape index (κ1) is 21.3. The van der Waals surface area contributed by atoms with Crippen LogP contribution in [0.5, 0.6) is 0 Å². The zero-order valence-electron chi connectivity index (χ0n) is 19.0. The molecule has 0 aromatic carbocycles. The molecule has 0 spiro atoms. The predicted octanol–water partition coefficient (Wildman–Crippen LogP) is 1.14. The Kier molecular flexibility index (Phi) is 5.09. The van der Waals surface area contributed by atoms with E-state index >= 15 is 0 Å². The van der Waals surface area contributed by atoms with E-state index in [4.69, 9.17) is 16.0 Å². The van der Waals surface area contributed by atoms with Crippen molar-refractivity contribution >= 4 is 23.2 Å². The van der Waals surface area contributed by atoms with Crippen LogP contribution in [0.25, 0.3) is 16.9 Å². The molecule has 4 aromatic rings. The number of aromatic nitrogens is 7. The van der Waals surface area contributed by atoms with Gasteiger partial charge in [0, 0.05) is 37.9 Å². The number of hydrogen-bond acceptors (Lipinski definition) is 9. The van der Waals surface area contributed by atoms with Crippen LogP contribution < -0.4 is 16.0 Å². The number of primary amides is 1. The third-order valence-corrected chi connectivity index (χ3v) is 6.04. The van der Waals surface area contributed by atoms with Crippen molar-refractivity contribution < 1.29 is 4.79 Å². The Bertz CT molecular complexity index is 1430. The van der Waals surface area contributed by atoms with Gasteiger partial charge in [0.2, 0.25) is 5.95 Å². The van der Waals surface area contributed by atoms with Crippen molar-refractivity contribution in [3.63, 3.8) is 0 Å². The topological polar surface area (TPSA) is 156 Å². The highest BCUT2D eigenvalue weighted by Crippen LogP contribution is 2.30. The normalized spacial score (nSPS) is 17.8. The van der Waals surface area contributed by atoms with Crippen LogP contribution in [-0.4, -0.2) is 59.4 Å². The maximum atomic E-state index is 12.2. The molecule has 0 saturated carbocycles. The lowest BCUT2D eigenvalue weighted by Crippen LogP contribution is -2.30. The van der Waals surface area contributed by atoms with E-state index in [1.54, 1.807) is 9.20 Å². The summed E-state index contributed by atoms with van der Waals surface area (Å²) in [6, 6.07) is 2.00. The largest absolute Gasteiger partial charge is 0.376 e. The van der Waals surface area contributed by atoms with Gasteiger partial charge in [0.25, 0.3) is 5.91 Å². The van der Waals surface area contributed by atoms with Gasteiger partial charge >= 0.3 is 0 Å². The number of rotatable bonds is 5. The molecule has 3 N–H and O–H groups in total. The maximum Gasteiger partial charge on any atom is 0.252 e. The number of carbonyl (C=O) groups excluding carboxylic acids is 1. The third kappa shape index (κ3) is 3.66. The number of nitrogens with zero attached hydrogens (tertiary/aromatic N) is 9. The Labute approximate surface area is 195 Å². The molecular formula is C22H23N11O. The van der Waals surface area contributed by atoms with Gasteiger partial charge in [-0.2, -0.15) is 15.5 Å². The van der Waals surface area contributed by atoms with Crippen molar-refractivity contribution in [3.8, 4) is 17.3 Å². The Morgan fingerprint density at radius 3 is 2.65 bits per heavy atom. The van der Waals surface area contributed by atoms with Gasteiger partial charge in [-0.05, 0) is 12.8 Å². The van der Waals surface area contributed by atoms with Crippen LogP contribution in [0.4, 0.5) is 11.6 Å². The van der Waals surface area contributed by atoms with Crippen molar-refractivity contribution in [3.05, 3.63) is 47.8 Å². The second kappa shape index (κ2) is 8.11. The number of nitrogens with two attached hydrogens (primary N) is 1.